The zero-order valence-corrected chi connectivity index (χ0v) is 13.2. The van der Waals surface area contributed by atoms with Crippen molar-refractivity contribution >= 4 is 24.0 Å². The van der Waals surface area contributed by atoms with Crippen LogP contribution in [-0.2, 0) is 4.79 Å². The summed E-state index contributed by atoms with van der Waals surface area (Å²) in [6, 6.07) is 7.83. The molecule has 1 aliphatic heterocycles. The molecule has 0 aliphatic carbocycles. The highest BCUT2D eigenvalue weighted by Crippen LogP contribution is 2.24. The van der Waals surface area contributed by atoms with Gasteiger partial charge in [-0.05, 0) is 38.4 Å². The van der Waals surface area contributed by atoms with Gasteiger partial charge in [0.05, 0.1) is 18.8 Å². The van der Waals surface area contributed by atoms with Crippen LogP contribution in [0, 0.1) is 0 Å². The van der Waals surface area contributed by atoms with Crippen molar-refractivity contribution in [3.63, 3.8) is 0 Å². The molecule has 1 aliphatic rings. The second-order valence-electron chi connectivity index (χ2n) is 4.98. The number of nitrogens with one attached hydrogen (secondary N) is 1. The smallest absolute Gasteiger partial charge is 0.238 e. The van der Waals surface area contributed by atoms with E-state index in [4.69, 9.17) is 10.5 Å². The molecule has 1 saturated heterocycles. The number of anilines is 1. The molecule has 6 heteroatoms. The molecule has 118 valence electrons. The zero-order chi connectivity index (χ0) is 14.4. The number of nitrogens with zero attached hydrogens (tertiary/aromatic N) is 1. The van der Waals surface area contributed by atoms with E-state index in [0.717, 1.165) is 25.1 Å². The highest BCUT2D eigenvalue weighted by Gasteiger charge is 2.25. The highest BCUT2D eigenvalue weighted by molar-refractivity contribution is 5.93. The maximum Gasteiger partial charge on any atom is 0.238 e. The molecule has 2 rings (SSSR count). The van der Waals surface area contributed by atoms with E-state index >= 15 is 0 Å². The van der Waals surface area contributed by atoms with E-state index in [-0.39, 0.29) is 18.3 Å². The van der Waals surface area contributed by atoms with E-state index in [0.29, 0.717) is 31.5 Å². The molecular formula is C15H24ClN3O2. The van der Waals surface area contributed by atoms with Gasteiger partial charge in [0.1, 0.15) is 5.75 Å². The van der Waals surface area contributed by atoms with E-state index in [1.165, 1.54) is 0 Å². The lowest BCUT2D eigenvalue weighted by atomic mass is 10.2. The standard InChI is InChI=1S/C15H23N3O2.ClH/c1-2-20-14-8-4-3-7-13(14)17-15(19)11-18-9-5-6-12(18)10-16;/h3-4,7-8,12H,2,5-6,9-11,16H2,1H3,(H,17,19);1H. The molecule has 1 aromatic carbocycles. The number of carbonyl (C=O) groups excluding carboxylic acids is 1. The molecular weight excluding hydrogens is 290 g/mol. The largest absolute Gasteiger partial charge is 0.492 e. The van der Waals surface area contributed by atoms with Crippen LogP contribution in [0.1, 0.15) is 19.8 Å². The fourth-order valence-corrected chi connectivity index (χ4v) is 2.60. The van der Waals surface area contributed by atoms with Gasteiger partial charge >= 0.3 is 0 Å². The summed E-state index contributed by atoms with van der Waals surface area (Å²) in [7, 11) is 0. The number of nitrogens with two attached hydrogens (primary N) is 1. The third-order valence-electron chi connectivity index (χ3n) is 3.58. The number of amides is 1. The van der Waals surface area contributed by atoms with Crippen LogP contribution in [0.4, 0.5) is 5.69 Å². The lowest BCUT2D eigenvalue weighted by Gasteiger charge is -2.22. The molecule has 1 atom stereocenters. The molecule has 0 spiro atoms. The van der Waals surface area contributed by atoms with Crippen LogP contribution < -0.4 is 15.8 Å². The summed E-state index contributed by atoms with van der Waals surface area (Å²) in [6.45, 7) is 4.45. The van der Waals surface area contributed by atoms with E-state index in [9.17, 15) is 4.79 Å². The molecule has 5 nitrogen and oxygen atoms in total. The van der Waals surface area contributed by atoms with Crippen LogP contribution in [-0.4, -0.2) is 43.1 Å². The number of carbonyl (C=O) groups is 1. The Hall–Kier alpha value is -1.30. The topological polar surface area (TPSA) is 67.6 Å². The molecule has 21 heavy (non-hydrogen) atoms. The molecule has 0 saturated carbocycles. The molecule has 1 heterocycles. The Bertz CT molecular complexity index is 456. The van der Waals surface area contributed by atoms with Crippen LogP contribution in [0.2, 0.25) is 0 Å². The summed E-state index contributed by atoms with van der Waals surface area (Å²) in [5, 5.41) is 2.92. The van der Waals surface area contributed by atoms with Crippen LogP contribution in [0.3, 0.4) is 0 Å². The Morgan fingerprint density at radius 1 is 1.48 bits per heavy atom. The van der Waals surface area contributed by atoms with Gasteiger partial charge in [0.15, 0.2) is 0 Å². The summed E-state index contributed by atoms with van der Waals surface area (Å²) >= 11 is 0. The van der Waals surface area contributed by atoms with Crippen LogP contribution in [0.5, 0.6) is 5.75 Å². The minimum Gasteiger partial charge on any atom is -0.492 e. The van der Waals surface area contributed by atoms with Gasteiger partial charge < -0.3 is 15.8 Å². The third-order valence-corrected chi connectivity index (χ3v) is 3.58. The van der Waals surface area contributed by atoms with Gasteiger partial charge in [-0.2, -0.15) is 0 Å². The number of para-hydroxylation sites is 2. The van der Waals surface area contributed by atoms with Crippen molar-refractivity contribution in [1.29, 1.82) is 0 Å². The van der Waals surface area contributed by atoms with Gasteiger partial charge in [0.2, 0.25) is 5.91 Å². The van der Waals surface area contributed by atoms with Crippen LogP contribution in [0.25, 0.3) is 0 Å². The summed E-state index contributed by atoms with van der Waals surface area (Å²) in [4.78, 5) is 14.3. The first-order valence-corrected chi connectivity index (χ1v) is 7.20. The normalized spacial score (nSPS) is 18.1. The number of likely N-dealkylation sites (tertiary alicyclic amines) is 1. The first kappa shape index (κ1) is 17.8. The van der Waals surface area contributed by atoms with Gasteiger partial charge in [-0.3, -0.25) is 9.69 Å². The van der Waals surface area contributed by atoms with Gasteiger partial charge in [-0.15, -0.1) is 12.4 Å². The zero-order valence-electron chi connectivity index (χ0n) is 12.4. The SMILES string of the molecule is CCOc1ccccc1NC(=O)CN1CCCC1CN.Cl. The lowest BCUT2D eigenvalue weighted by Crippen LogP contribution is -2.40. The van der Waals surface area contributed by atoms with Crippen molar-refractivity contribution < 1.29 is 9.53 Å². The quantitative estimate of drug-likeness (QED) is 0.841. The summed E-state index contributed by atoms with van der Waals surface area (Å²) in [6.07, 6.45) is 2.20. The van der Waals surface area contributed by atoms with Gasteiger partial charge in [0, 0.05) is 12.6 Å². The van der Waals surface area contributed by atoms with Crippen molar-refractivity contribution in [2.75, 3.05) is 31.6 Å². The molecule has 1 aromatic rings. The van der Waals surface area contributed by atoms with Gasteiger partial charge in [-0.25, -0.2) is 0 Å². The van der Waals surface area contributed by atoms with Crippen molar-refractivity contribution in [3.8, 4) is 5.75 Å². The van der Waals surface area contributed by atoms with Crippen LogP contribution in [0.15, 0.2) is 24.3 Å². The Kier molecular flexibility index (Phi) is 7.50. The molecule has 1 unspecified atom stereocenters. The Morgan fingerprint density at radius 2 is 2.24 bits per heavy atom. The second kappa shape index (κ2) is 8.87. The Balaban J connectivity index is 0.00000220. The van der Waals surface area contributed by atoms with Gasteiger partial charge in [-0.1, -0.05) is 12.1 Å². The second-order valence-corrected chi connectivity index (χ2v) is 4.98. The maximum atomic E-state index is 12.1. The molecule has 3 N–H and O–H groups in total. The number of halogens is 1. The number of hydrogen-bond acceptors (Lipinski definition) is 4. The van der Waals surface area contributed by atoms with Crippen molar-refractivity contribution in [2.45, 2.75) is 25.8 Å². The molecule has 0 radical (unpaired) electrons. The van der Waals surface area contributed by atoms with Crippen molar-refractivity contribution in [2.24, 2.45) is 5.73 Å². The number of ether oxygens (including phenoxy) is 1. The first-order valence-electron chi connectivity index (χ1n) is 7.20. The van der Waals surface area contributed by atoms with E-state index in [1.807, 2.05) is 31.2 Å². The fourth-order valence-electron chi connectivity index (χ4n) is 2.60. The summed E-state index contributed by atoms with van der Waals surface area (Å²) < 4.78 is 5.50. The highest BCUT2D eigenvalue weighted by atomic mass is 35.5. The number of hydrogen-bond donors (Lipinski definition) is 2. The average Bonchev–Trinajstić information content (AvgIpc) is 2.88. The fraction of sp³-hybridized carbons (Fsp3) is 0.533. The minimum absolute atomic E-state index is 0. The Labute approximate surface area is 132 Å². The van der Waals surface area contributed by atoms with E-state index in [2.05, 4.69) is 10.2 Å². The summed E-state index contributed by atoms with van der Waals surface area (Å²) in [5.41, 5.74) is 6.45. The molecule has 0 bridgehead atoms. The van der Waals surface area contributed by atoms with Crippen molar-refractivity contribution in [1.82, 2.24) is 4.90 Å². The minimum atomic E-state index is -0.0162. The third kappa shape index (κ3) is 4.88. The van der Waals surface area contributed by atoms with E-state index in [1.54, 1.807) is 0 Å². The van der Waals surface area contributed by atoms with Gasteiger partial charge in [0.25, 0.3) is 0 Å². The predicted octanol–water partition coefficient (Wildman–Crippen LogP) is 1.87. The Morgan fingerprint density at radius 3 is 2.95 bits per heavy atom. The van der Waals surface area contributed by atoms with Crippen molar-refractivity contribution in [3.05, 3.63) is 24.3 Å². The monoisotopic (exact) mass is 313 g/mol. The number of rotatable bonds is 6. The molecule has 1 amide bonds. The maximum absolute atomic E-state index is 12.1. The summed E-state index contributed by atoms with van der Waals surface area (Å²) in [5.74, 6) is 0.692. The van der Waals surface area contributed by atoms with Crippen LogP contribution >= 0.6 is 12.4 Å². The average molecular weight is 314 g/mol. The lowest BCUT2D eigenvalue weighted by molar-refractivity contribution is -0.117. The molecule has 0 aromatic heterocycles. The first-order chi connectivity index (χ1) is 9.74. The molecule has 1 fully saturated rings. The number of benzene rings is 1. The van der Waals surface area contributed by atoms with E-state index < -0.39 is 0 Å². The predicted molar refractivity (Wildman–Crippen MR) is 87.1 cm³/mol.